The number of carbonyl (C=O) groups is 1. The maximum atomic E-state index is 12.7. The monoisotopic (exact) mass is 383 g/mol. The topological polar surface area (TPSA) is 49.0 Å². The van der Waals surface area contributed by atoms with Gasteiger partial charge in [0.2, 0.25) is 5.91 Å². The van der Waals surface area contributed by atoms with Gasteiger partial charge in [-0.3, -0.25) is 4.79 Å². The quantitative estimate of drug-likeness (QED) is 0.735. The van der Waals surface area contributed by atoms with Crippen molar-refractivity contribution in [3.05, 3.63) is 64.4 Å². The molecule has 0 saturated carbocycles. The molecule has 1 N–H and O–H groups in total. The summed E-state index contributed by atoms with van der Waals surface area (Å²) in [5, 5.41) is 0. The molecule has 2 heterocycles. The van der Waals surface area contributed by atoms with Gasteiger partial charge in [0.1, 0.15) is 5.82 Å². The van der Waals surface area contributed by atoms with Crippen LogP contribution in [0.2, 0.25) is 0 Å². The number of likely N-dealkylation sites (tertiary alicyclic amines) is 1. The molecule has 3 aromatic rings. The molecule has 1 amide bonds. The summed E-state index contributed by atoms with van der Waals surface area (Å²) < 4.78 is 1.02. The van der Waals surface area contributed by atoms with Gasteiger partial charge in [-0.05, 0) is 36.6 Å². The van der Waals surface area contributed by atoms with E-state index in [1.807, 2.05) is 53.4 Å². The molecule has 24 heavy (non-hydrogen) atoms. The maximum Gasteiger partial charge on any atom is 0.227 e. The average molecular weight is 384 g/mol. The first-order valence-corrected chi connectivity index (χ1v) is 8.98. The number of nitrogens with one attached hydrogen (secondary N) is 1. The highest BCUT2D eigenvalue weighted by atomic mass is 79.9. The summed E-state index contributed by atoms with van der Waals surface area (Å²) in [6.07, 6.45) is 2.43. The number of fused-ring (bicyclic) bond motifs is 1. The zero-order valence-corrected chi connectivity index (χ0v) is 14.8. The number of hydrogen-bond acceptors (Lipinski definition) is 2. The molecule has 0 bridgehead atoms. The summed E-state index contributed by atoms with van der Waals surface area (Å²) in [4.78, 5) is 22.8. The number of carbonyl (C=O) groups excluding carboxylic acids is 1. The lowest BCUT2D eigenvalue weighted by atomic mass is 10.1. The number of nitrogens with zero attached hydrogens (tertiary/aromatic N) is 2. The standard InChI is InChI=1S/C19H18BrN3O/c20-14-8-9-15-16(12-14)22-19(21-15)17-7-4-10-23(17)18(24)11-13-5-2-1-3-6-13/h1-3,5-6,8-9,12,17H,4,7,10-11H2,(H,21,22)/t17-/m0/s1. The normalized spacial score (nSPS) is 17.5. The minimum Gasteiger partial charge on any atom is -0.340 e. The van der Waals surface area contributed by atoms with Crippen LogP contribution in [0.15, 0.2) is 53.0 Å². The van der Waals surface area contributed by atoms with Gasteiger partial charge >= 0.3 is 0 Å². The number of aromatic nitrogens is 2. The molecule has 4 rings (SSSR count). The highest BCUT2D eigenvalue weighted by Crippen LogP contribution is 2.32. The van der Waals surface area contributed by atoms with E-state index in [1.54, 1.807) is 0 Å². The second-order valence-electron chi connectivity index (χ2n) is 6.19. The molecule has 1 saturated heterocycles. The molecule has 5 heteroatoms. The minimum atomic E-state index is 0.0485. The van der Waals surface area contributed by atoms with Crippen LogP contribution in [0.5, 0.6) is 0 Å². The Kier molecular flexibility index (Phi) is 4.10. The third kappa shape index (κ3) is 2.96. The zero-order valence-electron chi connectivity index (χ0n) is 13.2. The van der Waals surface area contributed by atoms with Crippen molar-refractivity contribution >= 4 is 32.9 Å². The van der Waals surface area contributed by atoms with Gasteiger partial charge in [0.05, 0.1) is 23.5 Å². The van der Waals surface area contributed by atoms with Crippen LogP contribution in [0, 0.1) is 0 Å². The lowest BCUT2D eigenvalue weighted by Crippen LogP contribution is -2.32. The van der Waals surface area contributed by atoms with Gasteiger partial charge in [-0.2, -0.15) is 0 Å². The molecule has 4 nitrogen and oxygen atoms in total. The fourth-order valence-electron chi connectivity index (χ4n) is 3.38. The summed E-state index contributed by atoms with van der Waals surface area (Å²) in [6.45, 7) is 0.803. The molecule has 0 spiro atoms. The smallest absolute Gasteiger partial charge is 0.227 e. The van der Waals surface area contributed by atoms with Crippen LogP contribution in [0.3, 0.4) is 0 Å². The van der Waals surface area contributed by atoms with Gasteiger partial charge in [-0.15, -0.1) is 0 Å². The Bertz CT molecular complexity index is 875. The van der Waals surface area contributed by atoms with Crippen LogP contribution in [-0.2, 0) is 11.2 Å². The first kappa shape index (κ1) is 15.4. The van der Waals surface area contributed by atoms with E-state index in [1.165, 1.54) is 0 Å². The molecule has 1 aliphatic heterocycles. The largest absolute Gasteiger partial charge is 0.340 e. The molecule has 0 radical (unpaired) electrons. The predicted molar refractivity (Wildman–Crippen MR) is 97.6 cm³/mol. The predicted octanol–water partition coefficient (Wildman–Crippen LogP) is 4.23. The molecule has 1 fully saturated rings. The Hall–Kier alpha value is -2.14. The van der Waals surface area contributed by atoms with Crippen molar-refractivity contribution in [2.24, 2.45) is 0 Å². The van der Waals surface area contributed by atoms with Gasteiger partial charge in [0.15, 0.2) is 0 Å². The summed E-state index contributed by atoms with van der Waals surface area (Å²) in [6, 6.07) is 16.0. The number of imidazole rings is 1. The number of benzene rings is 2. The summed E-state index contributed by atoms with van der Waals surface area (Å²) in [7, 11) is 0. The van der Waals surface area contributed by atoms with E-state index in [2.05, 4.69) is 20.9 Å². The molecule has 2 aromatic carbocycles. The molecular formula is C19H18BrN3O. The fourth-order valence-corrected chi connectivity index (χ4v) is 3.74. The van der Waals surface area contributed by atoms with E-state index in [4.69, 9.17) is 4.98 Å². The van der Waals surface area contributed by atoms with Gasteiger partial charge in [0, 0.05) is 11.0 Å². The number of H-pyrrole nitrogens is 1. The molecule has 1 atom stereocenters. The SMILES string of the molecule is O=C(Cc1ccccc1)N1CCC[C@H]1c1nc2ccc(Br)cc2[nH]1. The second kappa shape index (κ2) is 6.40. The van der Waals surface area contributed by atoms with Crippen molar-refractivity contribution < 1.29 is 4.79 Å². The second-order valence-corrected chi connectivity index (χ2v) is 7.11. The van der Waals surface area contributed by atoms with Crippen LogP contribution in [-0.4, -0.2) is 27.3 Å². The van der Waals surface area contributed by atoms with Gasteiger partial charge < -0.3 is 9.88 Å². The highest BCUT2D eigenvalue weighted by Gasteiger charge is 2.31. The van der Waals surface area contributed by atoms with Gasteiger partial charge in [-0.25, -0.2) is 4.98 Å². The van der Waals surface area contributed by atoms with Crippen LogP contribution >= 0.6 is 15.9 Å². The number of hydrogen-bond donors (Lipinski definition) is 1. The first-order valence-electron chi connectivity index (χ1n) is 8.19. The molecule has 0 unspecified atom stereocenters. The van der Waals surface area contributed by atoms with Crippen molar-refractivity contribution in [1.29, 1.82) is 0 Å². The first-order chi connectivity index (χ1) is 11.7. The number of rotatable bonds is 3. The zero-order chi connectivity index (χ0) is 16.5. The number of amides is 1. The minimum absolute atomic E-state index is 0.0485. The van der Waals surface area contributed by atoms with Crippen LogP contribution < -0.4 is 0 Å². The van der Waals surface area contributed by atoms with Gasteiger partial charge in [-0.1, -0.05) is 46.3 Å². The van der Waals surface area contributed by atoms with Crippen molar-refractivity contribution in [2.75, 3.05) is 6.54 Å². The molecule has 1 aromatic heterocycles. The van der Waals surface area contributed by atoms with E-state index in [9.17, 15) is 4.79 Å². The number of halogens is 1. The Morgan fingerprint density at radius 3 is 2.92 bits per heavy atom. The van der Waals surface area contributed by atoms with Crippen molar-refractivity contribution in [3.8, 4) is 0 Å². The summed E-state index contributed by atoms with van der Waals surface area (Å²) in [5.74, 6) is 1.06. The molecule has 0 aliphatic carbocycles. The van der Waals surface area contributed by atoms with Crippen molar-refractivity contribution in [1.82, 2.24) is 14.9 Å². The third-order valence-corrected chi connectivity index (χ3v) is 5.04. The maximum absolute atomic E-state index is 12.7. The van der Waals surface area contributed by atoms with Crippen molar-refractivity contribution in [2.45, 2.75) is 25.3 Å². The molecule has 122 valence electrons. The summed E-state index contributed by atoms with van der Waals surface area (Å²) in [5.41, 5.74) is 3.00. The Morgan fingerprint density at radius 2 is 2.08 bits per heavy atom. The van der Waals surface area contributed by atoms with E-state index in [-0.39, 0.29) is 11.9 Å². The third-order valence-electron chi connectivity index (χ3n) is 4.55. The van der Waals surface area contributed by atoms with Crippen molar-refractivity contribution in [3.63, 3.8) is 0 Å². The Morgan fingerprint density at radius 1 is 1.25 bits per heavy atom. The molecular weight excluding hydrogens is 366 g/mol. The van der Waals surface area contributed by atoms with E-state index in [0.29, 0.717) is 6.42 Å². The fraction of sp³-hybridized carbons (Fsp3) is 0.263. The van der Waals surface area contributed by atoms with Gasteiger partial charge in [0.25, 0.3) is 0 Å². The lowest BCUT2D eigenvalue weighted by molar-refractivity contribution is -0.131. The van der Waals surface area contributed by atoms with E-state index in [0.717, 1.165) is 46.3 Å². The van der Waals surface area contributed by atoms with Crippen LogP contribution in [0.1, 0.15) is 30.3 Å². The number of aromatic amines is 1. The van der Waals surface area contributed by atoms with E-state index >= 15 is 0 Å². The lowest BCUT2D eigenvalue weighted by Gasteiger charge is -2.23. The Balaban J connectivity index is 1.58. The van der Waals surface area contributed by atoms with E-state index < -0.39 is 0 Å². The van der Waals surface area contributed by atoms with Crippen LogP contribution in [0.25, 0.3) is 11.0 Å². The average Bonchev–Trinajstić information content (AvgIpc) is 3.21. The van der Waals surface area contributed by atoms with Crippen LogP contribution in [0.4, 0.5) is 0 Å². The highest BCUT2D eigenvalue weighted by molar-refractivity contribution is 9.10. The summed E-state index contributed by atoms with van der Waals surface area (Å²) >= 11 is 3.49. The molecule has 1 aliphatic rings. The Labute approximate surface area is 149 Å².